The highest BCUT2D eigenvalue weighted by Crippen LogP contribution is 2.41. The third-order valence-electron chi connectivity index (χ3n) is 3.22. The summed E-state index contributed by atoms with van der Waals surface area (Å²) >= 11 is 0. The Balaban J connectivity index is 2.52. The number of carbonyl (C=O) groups is 1. The molecule has 0 amide bonds. The van der Waals surface area contributed by atoms with E-state index in [-0.39, 0.29) is 6.42 Å². The molecule has 0 aliphatic heterocycles. The molecular weight excluding hydrogens is 216 g/mol. The molecule has 17 heavy (non-hydrogen) atoms. The Morgan fingerprint density at radius 2 is 2.24 bits per heavy atom. The first-order chi connectivity index (χ1) is 8.17. The van der Waals surface area contributed by atoms with E-state index in [1.807, 2.05) is 18.2 Å². The van der Waals surface area contributed by atoms with Gasteiger partial charge in [-0.3, -0.25) is 4.79 Å². The molecule has 0 heterocycles. The molecule has 3 nitrogen and oxygen atoms in total. The van der Waals surface area contributed by atoms with Crippen LogP contribution in [0.5, 0.6) is 5.75 Å². The largest absolute Gasteiger partial charge is 0.496 e. The number of benzene rings is 1. The van der Waals surface area contributed by atoms with Crippen molar-refractivity contribution in [1.82, 2.24) is 0 Å². The van der Waals surface area contributed by atoms with Crippen LogP contribution in [0.4, 0.5) is 0 Å². The minimum absolute atomic E-state index is 0.0799. The van der Waals surface area contributed by atoms with E-state index >= 15 is 0 Å². The van der Waals surface area contributed by atoms with E-state index in [4.69, 9.17) is 9.84 Å². The predicted octanol–water partition coefficient (Wildman–Crippen LogP) is 2.89. The van der Waals surface area contributed by atoms with Crippen LogP contribution in [0.3, 0.4) is 0 Å². The SMILES string of the molecule is CCC1=C(CC(=O)O)c2c(cccc2OC)C1. The summed E-state index contributed by atoms with van der Waals surface area (Å²) < 4.78 is 5.33. The lowest BCUT2D eigenvalue weighted by molar-refractivity contribution is -0.135. The molecule has 2 rings (SSSR count). The third-order valence-corrected chi connectivity index (χ3v) is 3.22. The number of methoxy groups -OCH3 is 1. The Kier molecular flexibility index (Phi) is 3.18. The second-order valence-corrected chi connectivity index (χ2v) is 4.18. The average Bonchev–Trinajstić information content (AvgIpc) is 2.66. The van der Waals surface area contributed by atoms with Crippen LogP contribution in [0.2, 0.25) is 0 Å². The second kappa shape index (κ2) is 4.62. The molecule has 90 valence electrons. The average molecular weight is 232 g/mol. The normalized spacial score (nSPS) is 13.8. The number of carboxylic acids is 1. The summed E-state index contributed by atoms with van der Waals surface area (Å²) in [6.45, 7) is 2.07. The summed E-state index contributed by atoms with van der Waals surface area (Å²) in [6.07, 6.45) is 1.82. The molecule has 0 unspecified atom stereocenters. The van der Waals surface area contributed by atoms with Crippen molar-refractivity contribution in [1.29, 1.82) is 0 Å². The zero-order chi connectivity index (χ0) is 12.4. The summed E-state index contributed by atoms with van der Waals surface area (Å²) in [7, 11) is 1.62. The molecule has 0 spiro atoms. The van der Waals surface area contributed by atoms with Crippen molar-refractivity contribution in [3.8, 4) is 5.75 Å². The van der Waals surface area contributed by atoms with Gasteiger partial charge < -0.3 is 9.84 Å². The first-order valence-corrected chi connectivity index (χ1v) is 5.76. The van der Waals surface area contributed by atoms with Crippen LogP contribution in [0.15, 0.2) is 23.8 Å². The number of allylic oxidation sites excluding steroid dienone is 1. The highest BCUT2D eigenvalue weighted by molar-refractivity contribution is 5.90. The van der Waals surface area contributed by atoms with Gasteiger partial charge in [0.25, 0.3) is 0 Å². The van der Waals surface area contributed by atoms with Crippen molar-refractivity contribution in [2.45, 2.75) is 26.2 Å². The van der Waals surface area contributed by atoms with E-state index in [0.29, 0.717) is 0 Å². The summed E-state index contributed by atoms with van der Waals surface area (Å²) in [5.74, 6) is -0.00749. The number of fused-ring (bicyclic) bond motifs is 1. The Morgan fingerprint density at radius 1 is 1.47 bits per heavy atom. The quantitative estimate of drug-likeness (QED) is 0.868. The number of carboxylic acid groups (broad SMARTS) is 1. The van der Waals surface area contributed by atoms with Gasteiger partial charge in [-0.1, -0.05) is 24.6 Å². The van der Waals surface area contributed by atoms with E-state index in [9.17, 15) is 4.79 Å². The minimum atomic E-state index is -0.787. The number of rotatable bonds is 4. The maximum atomic E-state index is 11.0. The highest BCUT2D eigenvalue weighted by atomic mass is 16.5. The zero-order valence-corrected chi connectivity index (χ0v) is 10.1. The standard InChI is InChI=1S/C14H16O3/c1-3-9-7-10-5-4-6-12(17-2)14(10)11(9)8-13(15)16/h4-6H,3,7-8H2,1-2H3,(H,15,16). The van der Waals surface area contributed by atoms with Crippen LogP contribution in [0.25, 0.3) is 5.57 Å². The molecule has 1 N–H and O–H groups in total. The topological polar surface area (TPSA) is 46.5 Å². The summed E-state index contributed by atoms with van der Waals surface area (Å²) in [4.78, 5) is 11.0. The van der Waals surface area contributed by atoms with E-state index < -0.39 is 5.97 Å². The lowest BCUT2D eigenvalue weighted by Crippen LogP contribution is -1.99. The lowest BCUT2D eigenvalue weighted by atomic mass is 10.0. The first-order valence-electron chi connectivity index (χ1n) is 5.76. The number of aliphatic carboxylic acids is 1. The van der Waals surface area contributed by atoms with Crippen molar-refractivity contribution < 1.29 is 14.6 Å². The maximum absolute atomic E-state index is 11.0. The van der Waals surface area contributed by atoms with Gasteiger partial charge in [-0.25, -0.2) is 0 Å². The number of hydrogen-bond acceptors (Lipinski definition) is 2. The van der Waals surface area contributed by atoms with Gasteiger partial charge in [0.2, 0.25) is 0 Å². The Morgan fingerprint density at radius 3 is 2.82 bits per heavy atom. The van der Waals surface area contributed by atoms with Gasteiger partial charge in [-0.05, 0) is 30.0 Å². The van der Waals surface area contributed by atoms with Gasteiger partial charge in [0.15, 0.2) is 0 Å². The van der Waals surface area contributed by atoms with E-state index in [0.717, 1.165) is 29.7 Å². The predicted molar refractivity (Wildman–Crippen MR) is 66.2 cm³/mol. The molecule has 0 saturated heterocycles. The monoisotopic (exact) mass is 232 g/mol. The van der Waals surface area contributed by atoms with E-state index in [1.165, 1.54) is 11.1 Å². The molecule has 1 aliphatic rings. The molecule has 0 atom stereocenters. The summed E-state index contributed by atoms with van der Waals surface area (Å²) in [6, 6.07) is 5.89. The van der Waals surface area contributed by atoms with Crippen LogP contribution in [-0.2, 0) is 11.2 Å². The van der Waals surface area contributed by atoms with E-state index in [1.54, 1.807) is 7.11 Å². The van der Waals surface area contributed by atoms with Crippen LogP contribution in [-0.4, -0.2) is 18.2 Å². The van der Waals surface area contributed by atoms with Gasteiger partial charge in [0.1, 0.15) is 5.75 Å². The van der Waals surface area contributed by atoms with Gasteiger partial charge in [0, 0.05) is 5.56 Å². The molecule has 3 heteroatoms. The van der Waals surface area contributed by atoms with Crippen LogP contribution >= 0.6 is 0 Å². The van der Waals surface area contributed by atoms with Gasteiger partial charge in [0.05, 0.1) is 13.5 Å². The van der Waals surface area contributed by atoms with Gasteiger partial charge >= 0.3 is 5.97 Å². The van der Waals surface area contributed by atoms with Crippen molar-refractivity contribution in [2.24, 2.45) is 0 Å². The fraction of sp³-hybridized carbons (Fsp3) is 0.357. The minimum Gasteiger partial charge on any atom is -0.496 e. The molecule has 1 aromatic rings. The molecule has 1 aromatic carbocycles. The fourth-order valence-corrected chi connectivity index (χ4v) is 2.45. The third kappa shape index (κ3) is 2.05. The lowest BCUT2D eigenvalue weighted by Gasteiger charge is -2.10. The molecule has 0 aromatic heterocycles. The van der Waals surface area contributed by atoms with Gasteiger partial charge in [-0.2, -0.15) is 0 Å². The van der Waals surface area contributed by atoms with Gasteiger partial charge in [-0.15, -0.1) is 0 Å². The van der Waals surface area contributed by atoms with Crippen LogP contribution < -0.4 is 4.74 Å². The Labute approximate surface area is 101 Å². The molecule has 0 radical (unpaired) electrons. The fourth-order valence-electron chi connectivity index (χ4n) is 2.45. The molecular formula is C14H16O3. The summed E-state index contributed by atoms with van der Waals surface area (Å²) in [5, 5.41) is 9.00. The zero-order valence-electron chi connectivity index (χ0n) is 10.1. The van der Waals surface area contributed by atoms with E-state index in [2.05, 4.69) is 6.92 Å². The maximum Gasteiger partial charge on any atom is 0.307 e. The smallest absolute Gasteiger partial charge is 0.307 e. The van der Waals surface area contributed by atoms with Crippen LogP contribution in [0, 0.1) is 0 Å². The van der Waals surface area contributed by atoms with Crippen LogP contribution in [0.1, 0.15) is 30.9 Å². The Hall–Kier alpha value is -1.77. The molecule has 1 aliphatic carbocycles. The van der Waals surface area contributed by atoms with Crippen molar-refractivity contribution in [3.05, 3.63) is 34.9 Å². The van der Waals surface area contributed by atoms with Crippen molar-refractivity contribution in [3.63, 3.8) is 0 Å². The Bertz CT molecular complexity index is 486. The first kappa shape index (κ1) is 11.7. The van der Waals surface area contributed by atoms with Crippen molar-refractivity contribution in [2.75, 3.05) is 7.11 Å². The number of ether oxygens (including phenoxy) is 1. The summed E-state index contributed by atoms with van der Waals surface area (Å²) in [5.41, 5.74) is 4.33. The second-order valence-electron chi connectivity index (χ2n) is 4.18. The molecule has 0 fully saturated rings. The molecule has 0 saturated carbocycles. The van der Waals surface area contributed by atoms with Crippen molar-refractivity contribution >= 4 is 11.5 Å². The number of hydrogen-bond donors (Lipinski definition) is 1. The highest BCUT2D eigenvalue weighted by Gasteiger charge is 2.25. The molecule has 0 bridgehead atoms.